The van der Waals surface area contributed by atoms with Gasteiger partial charge in [0.25, 0.3) is 11.6 Å². The number of hydrogen-bond acceptors (Lipinski definition) is 7. The van der Waals surface area contributed by atoms with Gasteiger partial charge >= 0.3 is 0 Å². The van der Waals surface area contributed by atoms with Gasteiger partial charge in [0.2, 0.25) is 5.89 Å². The minimum atomic E-state index is -0.606. The highest BCUT2D eigenvalue weighted by atomic mass is 16.6. The maximum Gasteiger partial charge on any atom is 0.282 e. The number of nitro groups is 1. The van der Waals surface area contributed by atoms with Crippen LogP contribution in [0.4, 0.5) is 11.4 Å². The summed E-state index contributed by atoms with van der Waals surface area (Å²) in [6.07, 6.45) is 0. The van der Waals surface area contributed by atoms with Crippen molar-refractivity contribution in [1.29, 1.82) is 0 Å². The van der Waals surface area contributed by atoms with Gasteiger partial charge in [0.1, 0.15) is 5.56 Å². The summed E-state index contributed by atoms with van der Waals surface area (Å²) in [6, 6.07) is 4.21. The summed E-state index contributed by atoms with van der Waals surface area (Å²) < 4.78 is 4.85. The Kier molecular flexibility index (Phi) is 4.12. The summed E-state index contributed by atoms with van der Waals surface area (Å²) in [5.41, 5.74) is 0.288. The first kappa shape index (κ1) is 14.4. The van der Waals surface area contributed by atoms with Gasteiger partial charge in [0, 0.05) is 18.8 Å². The van der Waals surface area contributed by atoms with Gasteiger partial charge in [-0.15, -0.1) is 0 Å². The predicted molar refractivity (Wildman–Crippen MR) is 72.8 cm³/mol. The monoisotopic (exact) mass is 291 g/mol. The molecule has 110 valence electrons. The van der Waals surface area contributed by atoms with Crippen molar-refractivity contribution >= 4 is 17.3 Å². The zero-order chi connectivity index (χ0) is 15.4. The van der Waals surface area contributed by atoms with E-state index in [0.29, 0.717) is 11.5 Å². The number of aryl methyl sites for hydroxylation is 1. The first-order valence-electron chi connectivity index (χ1n) is 6.05. The number of nitrogens with one attached hydrogen (secondary N) is 2. The fourth-order valence-electron chi connectivity index (χ4n) is 1.70. The Morgan fingerprint density at radius 3 is 2.81 bits per heavy atom. The number of nitrogens with zero attached hydrogens (tertiary/aromatic N) is 3. The van der Waals surface area contributed by atoms with Gasteiger partial charge in [-0.25, -0.2) is 0 Å². The van der Waals surface area contributed by atoms with Crippen LogP contribution in [0.15, 0.2) is 22.7 Å². The minimum Gasteiger partial charge on any atom is -0.388 e. The Bertz CT molecular complexity index is 682. The van der Waals surface area contributed by atoms with Crippen LogP contribution in [0.2, 0.25) is 0 Å². The summed E-state index contributed by atoms with van der Waals surface area (Å²) in [5.74, 6) is 0.0883. The molecule has 0 aliphatic carbocycles. The van der Waals surface area contributed by atoms with Crippen LogP contribution in [0, 0.1) is 17.0 Å². The lowest BCUT2D eigenvalue weighted by molar-refractivity contribution is -0.385. The Morgan fingerprint density at radius 2 is 2.24 bits per heavy atom. The van der Waals surface area contributed by atoms with Crippen molar-refractivity contribution in [3.05, 3.63) is 45.6 Å². The topological polar surface area (TPSA) is 123 Å². The number of nitro benzene ring substituents is 1. The van der Waals surface area contributed by atoms with Crippen LogP contribution in [-0.2, 0) is 6.54 Å². The van der Waals surface area contributed by atoms with Gasteiger partial charge in [0.05, 0.1) is 11.5 Å². The van der Waals surface area contributed by atoms with E-state index in [1.54, 1.807) is 14.0 Å². The largest absolute Gasteiger partial charge is 0.388 e. The molecule has 1 aromatic heterocycles. The van der Waals surface area contributed by atoms with Crippen LogP contribution in [0.25, 0.3) is 0 Å². The lowest BCUT2D eigenvalue weighted by Gasteiger charge is -2.06. The van der Waals surface area contributed by atoms with Crippen molar-refractivity contribution in [1.82, 2.24) is 15.5 Å². The van der Waals surface area contributed by atoms with Crippen LogP contribution >= 0.6 is 0 Å². The quantitative estimate of drug-likeness (QED) is 0.627. The van der Waals surface area contributed by atoms with E-state index < -0.39 is 10.8 Å². The molecule has 0 spiro atoms. The summed E-state index contributed by atoms with van der Waals surface area (Å²) in [6.45, 7) is 1.65. The van der Waals surface area contributed by atoms with Gasteiger partial charge < -0.3 is 15.2 Å². The Morgan fingerprint density at radius 1 is 1.48 bits per heavy atom. The Balaban J connectivity index is 2.19. The second-order valence-corrected chi connectivity index (χ2v) is 4.16. The Labute approximate surface area is 119 Å². The summed E-state index contributed by atoms with van der Waals surface area (Å²) in [7, 11) is 1.66. The molecule has 0 saturated carbocycles. The molecule has 0 aliphatic rings. The van der Waals surface area contributed by atoms with Crippen LogP contribution in [-0.4, -0.2) is 28.0 Å². The van der Waals surface area contributed by atoms with E-state index in [0.717, 1.165) is 0 Å². The molecule has 9 heteroatoms. The highest BCUT2D eigenvalue weighted by Crippen LogP contribution is 2.22. The van der Waals surface area contributed by atoms with Crippen LogP contribution in [0.3, 0.4) is 0 Å². The molecule has 0 unspecified atom stereocenters. The molecule has 0 aliphatic heterocycles. The normalized spacial score (nSPS) is 10.2. The van der Waals surface area contributed by atoms with E-state index in [1.165, 1.54) is 18.2 Å². The summed E-state index contributed by atoms with van der Waals surface area (Å²) >= 11 is 0. The van der Waals surface area contributed by atoms with E-state index in [-0.39, 0.29) is 23.7 Å². The molecule has 0 saturated heterocycles. The molecule has 0 atom stereocenters. The van der Waals surface area contributed by atoms with E-state index in [4.69, 9.17) is 4.52 Å². The number of aromatic nitrogens is 2. The number of benzene rings is 1. The van der Waals surface area contributed by atoms with Crippen LogP contribution in [0.5, 0.6) is 0 Å². The number of carbonyl (C=O) groups is 1. The second kappa shape index (κ2) is 5.99. The first-order valence-corrected chi connectivity index (χ1v) is 6.05. The molecule has 21 heavy (non-hydrogen) atoms. The van der Waals surface area contributed by atoms with Gasteiger partial charge in [0.15, 0.2) is 5.82 Å². The third kappa shape index (κ3) is 3.32. The number of amides is 1. The smallest absolute Gasteiger partial charge is 0.282 e. The number of rotatable bonds is 5. The molecule has 9 nitrogen and oxygen atoms in total. The van der Waals surface area contributed by atoms with Crippen molar-refractivity contribution < 1.29 is 14.2 Å². The molecule has 2 N–H and O–H groups in total. The van der Waals surface area contributed by atoms with Gasteiger partial charge in [-0.05, 0) is 19.1 Å². The van der Waals surface area contributed by atoms with E-state index in [2.05, 4.69) is 20.8 Å². The maximum absolute atomic E-state index is 12.1. The lowest BCUT2D eigenvalue weighted by Crippen LogP contribution is -2.24. The molecule has 1 aromatic carbocycles. The summed E-state index contributed by atoms with van der Waals surface area (Å²) in [4.78, 5) is 26.4. The average molecular weight is 291 g/mol. The third-order valence-corrected chi connectivity index (χ3v) is 2.70. The van der Waals surface area contributed by atoms with Crippen LogP contribution < -0.4 is 10.6 Å². The van der Waals surface area contributed by atoms with Crippen molar-refractivity contribution in [3.63, 3.8) is 0 Å². The van der Waals surface area contributed by atoms with Crippen molar-refractivity contribution in [2.45, 2.75) is 13.5 Å². The highest BCUT2D eigenvalue weighted by Gasteiger charge is 2.20. The van der Waals surface area contributed by atoms with Gasteiger partial charge in [-0.1, -0.05) is 5.16 Å². The maximum atomic E-state index is 12.1. The van der Waals surface area contributed by atoms with E-state index >= 15 is 0 Å². The molecule has 2 rings (SSSR count). The second-order valence-electron chi connectivity index (χ2n) is 4.16. The highest BCUT2D eigenvalue weighted by molar-refractivity contribution is 5.99. The SMILES string of the molecule is CNc1ccc([N+](=O)[O-])c(C(=O)NCc2nc(C)no2)c1. The zero-order valence-corrected chi connectivity index (χ0v) is 11.4. The molecule has 2 aromatic rings. The first-order chi connectivity index (χ1) is 10.0. The number of hydrogen-bond donors (Lipinski definition) is 2. The molecular weight excluding hydrogens is 278 g/mol. The van der Waals surface area contributed by atoms with Crippen molar-refractivity contribution in [3.8, 4) is 0 Å². The number of carbonyl (C=O) groups excluding carboxylic acids is 1. The lowest BCUT2D eigenvalue weighted by atomic mass is 10.1. The molecule has 0 fully saturated rings. The molecule has 0 bridgehead atoms. The van der Waals surface area contributed by atoms with Crippen molar-refractivity contribution in [2.24, 2.45) is 0 Å². The van der Waals surface area contributed by atoms with Gasteiger partial charge in [-0.3, -0.25) is 14.9 Å². The minimum absolute atomic E-state index is 0.000604. The zero-order valence-electron chi connectivity index (χ0n) is 11.4. The standard InChI is InChI=1S/C12H13N5O4/c1-7-15-11(21-16-7)6-14-12(18)9-5-8(13-2)3-4-10(9)17(19)20/h3-5,13H,6H2,1-2H3,(H,14,18). The molecule has 1 amide bonds. The molecule has 0 radical (unpaired) electrons. The molecular formula is C12H13N5O4. The van der Waals surface area contributed by atoms with Crippen molar-refractivity contribution in [2.75, 3.05) is 12.4 Å². The van der Waals surface area contributed by atoms with Crippen LogP contribution in [0.1, 0.15) is 22.1 Å². The fraction of sp³-hybridized carbons (Fsp3) is 0.250. The molecule has 1 heterocycles. The van der Waals surface area contributed by atoms with E-state index in [1.807, 2.05) is 0 Å². The van der Waals surface area contributed by atoms with Gasteiger partial charge in [-0.2, -0.15) is 4.98 Å². The third-order valence-electron chi connectivity index (χ3n) is 2.70. The number of anilines is 1. The fourth-order valence-corrected chi connectivity index (χ4v) is 1.70. The Hall–Kier alpha value is -2.97. The van der Waals surface area contributed by atoms with E-state index in [9.17, 15) is 14.9 Å². The predicted octanol–water partition coefficient (Wildman–Crippen LogP) is 1.26. The summed E-state index contributed by atoms with van der Waals surface area (Å²) in [5, 5.41) is 19.9. The average Bonchev–Trinajstić information content (AvgIpc) is 2.89.